The first kappa shape index (κ1) is 15.0. The van der Waals surface area contributed by atoms with Crippen LogP contribution in [-0.4, -0.2) is 31.7 Å². The molecule has 1 aromatic rings. The van der Waals surface area contributed by atoms with Crippen molar-refractivity contribution in [1.29, 1.82) is 0 Å². The van der Waals surface area contributed by atoms with Gasteiger partial charge in [-0.25, -0.2) is 4.79 Å². The van der Waals surface area contributed by atoms with Crippen molar-refractivity contribution in [3.8, 4) is 0 Å². The van der Waals surface area contributed by atoms with E-state index < -0.39 is 0 Å². The molecule has 2 rings (SSSR count). The third-order valence-electron chi connectivity index (χ3n) is 3.18. The number of amides is 1. The Hall–Kier alpha value is -1.40. The second-order valence-corrected chi connectivity index (χ2v) is 5.95. The van der Waals surface area contributed by atoms with Crippen molar-refractivity contribution in [2.45, 2.75) is 26.7 Å². The largest absolute Gasteiger partial charge is 0.462 e. The SMILES string of the molecule is CCOC(=O)c1cc(C)sc1NC(=O)C1CCOCC1. The average molecular weight is 297 g/mol. The molecular formula is C14H19NO4S. The molecule has 1 fully saturated rings. The van der Waals surface area contributed by atoms with Gasteiger partial charge in [0.15, 0.2) is 0 Å². The van der Waals surface area contributed by atoms with Gasteiger partial charge in [0.2, 0.25) is 5.91 Å². The van der Waals surface area contributed by atoms with E-state index in [0.717, 1.165) is 17.7 Å². The molecule has 0 saturated carbocycles. The maximum atomic E-state index is 12.2. The summed E-state index contributed by atoms with van der Waals surface area (Å²) < 4.78 is 10.3. The van der Waals surface area contributed by atoms with Crippen LogP contribution in [0.15, 0.2) is 6.07 Å². The van der Waals surface area contributed by atoms with Crippen LogP contribution in [0.2, 0.25) is 0 Å². The van der Waals surface area contributed by atoms with Crippen LogP contribution in [0.25, 0.3) is 0 Å². The molecule has 6 heteroatoms. The van der Waals surface area contributed by atoms with Gasteiger partial charge in [-0.15, -0.1) is 11.3 Å². The number of carbonyl (C=O) groups excluding carboxylic acids is 2. The molecule has 0 aromatic carbocycles. The maximum Gasteiger partial charge on any atom is 0.341 e. The van der Waals surface area contributed by atoms with Gasteiger partial charge >= 0.3 is 5.97 Å². The Labute approximate surface area is 122 Å². The monoisotopic (exact) mass is 297 g/mol. The van der Waals surface area contributed by atoms with Gasteiger partial charge in [-0.05, 0) is 32.8 Å². The molecule has 1 saturated heterocycles. The fraction of sp³-hybridized carbons (Fsp3) is 0.571. The van der Waals surface area contributed by atoms with Gasteiger partial charge in [0.25, 0.3) is 0 Å². The molecule has 0 radical (unpaired) electrons. The van der Waals surface area contributed by atoms with Gasteiger partial charge in [0, 0.05) is 24.0 Å². The lowest BCUT2D eigenvalue weighted by Crippen LogP contribution is -2.28. The van der Waals surface area contributed by atoms with Gasteiger partial charge < -0.3 is 14.8 Å². The Bertz CT molecular complexity index is 491. The molecule has 1 amide bonds. The minimum atomic E-state index is -0.390. The highest BCUT2D eigenvalue weighted by molar-refractivity contribution is 7.16. The van der Waals surface area contributed by atoms with Crippen LogP contribution < -0.4 is 5.32 Å². The molecule has 110 valence electrons. The van der Waals surface area contributed by atoms with E-state index in [0.29, 0.717) is 30.4 Å². The summed E-state index contributed by atoms with van der Waals surface area (Å²) in [4.78, 5) is 25.0. The Kier molecular flexibility index (Phi) is 5.14. The molecule has 2 heterocycles. The molecule has 1 aliphatic rings. The number of anilines is 1. The second kappa shape index (κ2) is 6.85. The van der Waals surface area contributed by atoms with Crippen LogP contribution in [-0.2, 0) is 14.3 Å². The number of carbonyl (C=O) groups is 2. The van der Waals surface area contributed by atoms with Crippen LogP contribution in [0.3, 0.4) is 0 Å². The summed E-state index contributed by atoms with van der Waals surface area (Å²) >= 11 is 1.40. The summed E-state index contributed by atoms with van der Waals surface area (Å²) in [6, 6.07) is 1.75. The van der Waals surface area contributed by atoms with Crippen LogP contribution in [0, 0.1) is 12.8 Å². The number of hydrogen-bond donors (Lipinski definition) is 1. The zero-order valence-electron chi connectivity index (χ0n) is 11.7. The second-order valence-electron chi connectivity index (χ2n) is 4.70. The van der Waals surface area contributed by atoms with Crippen LogP contribution in [0.4, 0.5) is 5.00 Å². The molecule has 0 spiro atoms. The molecule has 0 bridgehead atoms. The number of thiophene rings is 1. The molecule has 0 unspecified atom stereocenters. The van der Waals surface area contributed by atoms with E-state index in [1.807, 2.05) is 6.92 Å². The van der Waals surface area contributed by atoms with Crippen LogP contribution in [0.5, 0.6) is 0 Å². The molecule has 0 aliphatic carbocycles. The van der Waals surface area contributed by atoms with Gasteiger partial charge in [-0.2, -0.15) is 0 Å². The van der Waals surface area contributed by atoms with Crippen molar-refractivity contribution in [1.82, 2.24) is 0 Å². The molecular weight excluding hydrogens is 278 g/mol. The quantitative estimate of drug-likeness (QED) is 0.868. The number of rotatable bonds is 4. The van der Waals surface area contributed by atoms with Crippen molar-refractivity contribution < 1.29 is 19.1 Å². The van der Waals surface area contributed by atoms with E-state index in [4.69, 9.17) is 9.47 Å². The van der Waals surface area contributed by atoms with E-state index in [1.54, 1.807) is 13.0 Å². The summed E-state index contributed by atoms with van der Waals surface area (Å²) in [7, 11) is 0. The third kappa shape index (κ3) is 3.58. The number of aryl methyl sites for hydroxylation is 1. The van der Waals surface area contributed by atoms with E-state index in [1.165, 1.54) is 11.3 Å². The van der Waals surface area contributed by atoms with Crippen molar-refractivity contribution in [2.75, 3.05) is 25.1 Å². The van der Waals surface area contributed by atoms with Crippen LogP contribution >= 0.6 is 11.3 Å². The summed E-state index contributed by atoms with van der Waals surface area (Å²) in [6.07, 6.45) is 1.45. The van der Waals surface area contributed by atoms with Crippen molar-refractivity contribution >= 4 is 28.2 Å². The number of nitrogens with one attached hydrogen (secondary N) is 1. The summed E-state index contributed by atoms with van der Waals surface area (Å²) in [5.74, 6) is -0.471. The Morgan fingerprint density at radius 3 is 2.80 bits per heavy atom. The average Bonchev–Trinajstić information content (AvgIpc) is 2.81. The summed E-state index contributed by atoms with van der Waals surface area (Å²) in [5, 5.41) is 3.44. The van der Waals surface area contributed by atoms with E-state index in [9.17, 15) is 9.59 Å². The topological polar surface area (TPSA) is 64.6 Å². The Morgan fingerprint density at radius 1 is 1.45 bits per heavy atom. The van der Waals surface area contributed by atoms with E-state index in [-0.39, 0.29) is 17.8 Å². The predicted octanol–water partition coefficient (Wildman–Crippen LogP) is 2.60. The highest BCUT2D eigenvalue weighted by atomic mass is 32.1. The highest BCUT2D eigenvalue weighted by Gasteiger charge is 2.24. The summed E-state index contributed by atoms with van der Waals surface area (Å²) in [6.45, 7) is 5.22. The Balaban J connectivity index is 2.08. The lowest BCUT2D eigenvalue weighted by atomic mass is 9.99. The molecule has 0 atom stereocenters. The maximum absolute atomic E-state index is 12.2. The zero-order chi connectivity index (χ0) is 14.5. The van der Waals surface area contributed by atoms with Crippen molar-refractivity contribution in [3.63, 3.8) is 0 Å². The van der Waals surface area contributed by atoms with Gasteiger partial charge in [0.1, 0.15) is 5.00 Å². The normalized spacial score (nSPS) is 15.9. The molecule has 1 aliphatic heterocycles. The highest BCUT2D eigenvalue weighted by Crippen LogP contribution is 2.29. The van der Waals surface area contributed by atoms with Crippen molar-refractivity contribution in [3.05, 3.63) is 16.5 Å². The fourth-order valence-corrected chi connectivity index (χ4v) is 3.04. The first-order valence-electron chi connectivity index (χ1n) is 6.78. The smallest absolute Gasteiger partial charge is 0.341 e. The minimum absolute atomic E-state index is 0.0406. The lowest BCUT2D eigenvalue weighted by Gasteiger charge is -2.21. The lowest BCUT2D eigenvalue weighted by molar-refractivity contribution is -0.122. The standard InChI is InChI=1S/C14H19NO4S/c1-3-19-14(17)11-8-9(2)20-13(11)15-12(16)10-4-6-18-7-5-10/h8,10H,3-7H2,1-2H3,(H,15,16). The number of esters is 1. The first-order chi connectivity index (χ1) is 9.61. The van der Waals surface area contributed by atoms with Gasteiger partial charge in [-0.3, -0.25) is 4.79 Å². The third-order valence-corrected chi connectivity index (χ3v) is 4.15. The minimum Gasteiger partial charge on any atom is -0.462 e. The molecule has 1 N–H and O–H groups in total. The predicted molar refractivity (Wildman–Crippen MR) is 77.2 cm³/mol. The van der Waals surface area contributed by atoms with Crippen molar-refractivity contribution in [2.24, 2.45) is 5.92 Å². The van der Waals surface area contributed by atoms with Gasteiger partial charge in [-0.1, -0.05) is 0 Å². The number of ether oxygens (including phenoxy) is 2. The molecule has 1 aromatic heterocycles. The Morgan fingerprint density at radius 2 is 2.15 bits per heavy atom. The molecule has 20 heavy (non-hydrogen) atoms. The number of hydrogen-bond acceptors (Lipinski definition) is 5. The molecule has 5 nitrogen and oxygen atoms in total. The van der Waals surface area contributed by atoms with Crippen LogP contribution in [0.1, 0.15) is 35.0 Å². The summed E-state index contributed by atoms with van der Waals surface area (Å²) in [5.41, 5.74) is 0.440. The van der Waals surface area contributed by atoms with E-state index >= 15 is 0 Å². The first-order valence-corrected chi connectivity index (χ1v) is 7.59. The zero-order valence-corrected chi connectivity index (χ0v) is 12.5. The fourth-order valence-electron chi connectivity index (χ4n) is 2.14. The van der Waals surface area contributed by atoms with E-state index in [2.05, 4.69) is 5.32 Å². The van der Waals surface area contributed by atoms with Gasteiger partial charge in [0.05, 0.1) is 12.2 Å².